The Bertz CT molecular complexity index is 946. The lowest BCUT2D eigenvalue weighted by molar-refractivity contribution is 0.0968. The zero-order chi connectivity index (χ0) is 21.7. The molecule has 0 aliphatic carbocycles. The van der Waals surface area contributed by atoms with Crippen LogP contribution < -0.4 is 14.8 Å². The van der Waals surface area contributed by atoms with Gasteiger partial charge in [-0.05, 0) is 43.4 Å². The normalized spacial score (nSPS) is 15.1. The maximum absolute atomic E-state index is 14.1. The fraction of sp³-hybridized carbons (Fsp3) is 0.333. The van der Waals surface area contributed by atoms with E-state index in [1.54, 1.807) is 18.2 Å². The third kappa shape index (κ3) is 5.20. The van der Waals surface area contributed by atoms with Crippen molar-refractivity contribution in [2.24, 2.45) is 4.99 Å². The number of methoxy groups -OCH3 is 2. The van der Waals surface area contributed by atoms with Crippen LogP contribution in [0.1, 0.15) is 10.4 Å². The van der Waals surface area contributed by atoms with E-state index in [2.05, 4.69) is 15.2 Å². The SMILES string of the molecule is COc1ccc(C(=O)NC(=Nc2cc(Cl)ccc2OC)N2CCN(C)CC2)cc1F. The molecule has 1 aliphatic rings. The minimum atomic E-state index is -0.611. The maximum atomic E-state index is 14.1. The Balaban J connectivity index is 1.93. The van der Waals surface area contributed by atoms with Crippen molar-refractivity contribution in [3.05, 3.63) is 52.8 Å². The molecule has 1 N–H and O–H groups in total. The monoisotopic (exact) mass is 434 g/mol. The van der Waals surface area contributed by atoms with Crippen LogP contribution in [0.15, 0.2) is 41.4 Å². The van der Waals surface area contributed by atoms with Crippen LogP contribution in [0.3, 0.4) is 0 Å². The predicted octanol–water partition coefficient (Wildman–Crippen LogP) is 3.16. The Morgan fingerprint density at radius 3 is 2.37 bits per heavy atom. The van der Waals surface area contributed by atoms with Crippen molar-refractivity contribution in [2.75, 3.05) is 47.4 Å². The van der Waals surface area contributed by atoms with Gasteiger partial charge in [0.2, 0.25) is 5.96 Å². The molecular weight excluding hydrogens is 411 g/mol. The van der Waals surface area contributed by atoms with E-state index in [0.29, 0.717) is 35.5 Å². The highest BCUT2D eigenvalue weighted by atomic mass is 35.5. The summed E-state index contributed by atoms with van der Waals surface area (Å²) in [5, 5.41) is 3.31. The Morgan fingerprint density at radius 2 is 1.73 bits per heavy atom. The standard InChI is InChI=1S/C21H24ClFN4O3/c1-26-8-10-27(11-9-26)21(24-17-13-15(22)5-7-19(17)30-3)25-20(28)14-4-6-18(29-2)16(23)12-14/h4-7,12-13H,8-11H2,1-3H3,(H,24,25,28). The molecule has 9 heteroatoms. The van der Waals surface area contributed by atoms with Crippen LogP contribution >= 0.6 is 11.6 Å². The van der Waals surface area contributed by atoms with Crippen LogP contribution in [0.4, 0.5) is 10.1 Å². The molecular formula is C21H24ClFN4O3. The largest absolute Gasteiger partial charge is 0.494 e. The molecule has 0 atom stereocenters. The summed E-state index contributed by atoms with van der Waals surface area (Å²) in [5.41, 5.74) is 0.647. The van der Waals surface area contributed by atoms with Crippen LogP contribution in [-0.2, 0) is 0 Å². The summed E-state index contributed by atoms with van der Waals surface area (Å²) in [6.07, 6.45) is 0. The first-order valence-electron chi connectivity index (χ1n) is 9.42. The van der Waals surface area contributed by atoms with Gasteiger partial charge in [0.05, 0.1) is 14.2 Å². The number of guanidine groups is 1. The van der Waals surface area contributed by atoms with Gasteiger partial charge in [0, 0.05) is 36.8 Å². The van der Waals surface area contributed by atoms with Crippen molar-refractivity contribution >= 4 is 29.2 Å². The summed E-state index contributed by atoms with van der Waals surface area (Å²) in [6, 6.07) is 9.12. The average molecular weight is 435 g/mol. The van der Waals surface area contributed by atoms with Gasteiger partial charge in [-0.25, -0.2) is 9.38 Å². The van der Waals surface area contributed by atoms with Gasteiger partial charge in [-0.1, -0.05) is 11.6 Å². The van der Waals surface area contributed by atoms with Gasteiger partial charge in [0.1, 0.15) is 11.4 Å². The second-order valence-corrected chi connectivity index (χ2v) is 7.28. The van der Waals surface area contributed by atoms with E-state index in [1.165, 1.54) is 26.4 Å². The van der Waals surface area contributed by atoms with E-state index in [4.69, 9.17) is 21.1 Å². The van der Waals surface area contributed by atoms with Gasteiger partial charge in [-0.2, -0.15) is 0 Å². The smallest absolute Gasteiger partial charge is 0.258 e. The predicted molar refractivity (Wildman–Crippen MR) is 115 cm³/mol. The molecule has 1 amide bonds. The minimum Gasteiger partial charge on any atom is -0.494 e. The number of nitrogens with one attached hydrogen (secondary N) is 1. The number of ether oxygens (including phenoxy) is 2. The molecule has 0 bridgehead atoms. The minimum absolute atomic E-state index is 0.0724. The molecule has 1 aliphatic heterocycles. The van der Waals surface area contributed by atoms with E-state index in [0.717, 1.165) is 19.2 Å². The first kappa shape index (κ1) is 21.9. The zero-order valence-electron chi connectivity index (χ0n) is 17.1. The second-order valence-electron chi connectivity index (χ2n) is 6.85. The quantitative estimate of drug-likeness (QED) is 0.591. The molecule has 2 aromatic rings. The summed E-state index contributed by atoms with van der Waals surface area (Å²) in [7, 11) is 4.94. The number of halogens is 2. The first-order valence-corrected chi connectivity index (χ1v) is 9.79. The Morgan fingerprint density at radius 1 is 1.07 bits per heavy atom. The highest BCUT2D eigenvalue weighted by Crippen LogP contribution is 2.30. The molecule has 0 spiro atoms. The highest BCUT2D eigenvalue weighted by Gasteiger charge is 2.21. The summed E-state index contributed by atoms with van der Waals surface area (Å²) in [6.45, 7) is 2.99. The Hall–Kier alpha value is -2.84. The second kappa shape index (κ2) is 9.77. The van der Waals surface area contributed by atoms with Crippen LogP contribution in [0, 0.1) is 5.82 Å². The Kier molecular flexibility index (Phi) is 7.12. The van der Waals surface area contributed by atoms with E-state index < -0.39 is 11.7 Å². The van der Waals surface area contributed by atoms with Crippen LogP contribution in [-0.4, -0.2) is 69.1 Å². The third-order valence-corrected chi connectivity index (χ3v) is 5.04. The van der Waals surface area contributed by atoms with E-state index in [-0.39, 0.29) is 11.3 Å². The fourth-order valence-electron chi connectivity index (χ4n) is 3.04. The van der Waals surface area contributed by atoms with Crippen molar-refractivity contribution in [1.29, 1.82) is 0 Å². The lowest BCUT2D eigenvalue weighted by Gasteiger charge is -2.34. The average Bonchev–Trinajstić information content (AvgIpc) is 2.74. The van der Waals surface area contributed by atoms with Crippen molar-refractivity contribution in [1.82, 2.24) is 15.1 Å². The van der Waals surface area contributed by atoms with Crippen molar-refractivity contribution in [3.8, 4) is 11.5 Å². The number of rotatable bonds is 4. The van der Waals surface area contributed by atoms with E-state index in [9.17, 15) is 9.18 Å². The van der Waals surface area contributed by atoms with Crippen LogP contribution in [0.25, 0.3) is 0 Å². The molecule has 3 rings (SSSR count). The van der Waals surface area contributed by atoms with E-state index in [1.807, 2.05) is 11.9 Å². The number of benzene rings is 2. The van der Waals surface area contributed by atoms with Gasteiger partial charge in [0.25, 0.3) is 5.91 Å². The highest BCUT2D eigenvalue weighted by molar-refractivity contribution is 6.30. The molecule has 30 heavy (non-hydrogen) atoms. The molecule has 1 heterocycles. The number of hydrogen-bond donors (Lipinski definition) is 1. The molecule has 0 aromatic heterocycles. The number of carbonyl (C=O) groups excluding carboxylic acids is 1. The number of piperazine rings is 1. The lowest BCUT2D eigenvalue weighted by atomic mass is 10.2. The Labute approximate surface area is 180 Å². The number of amides is 1. The van der Waals surface area contributed by atoms with Crippen molar-refractivity contribution in [3.63, 3.8) is 0 Å². The van der Waals surface area contributed by atoms with Gasteiger partial charge >= 0.3 is 0 Å². The molecule has 2 aromatic carbocycles. The van der Waals surface area contributed by atoms with E-state index >= 15 is 0 Å². The molecule has 0 radical (unpaired) electrons. The van der Waals surface area contributed by atoms with Crippen LogP contribution in [0.2, 0.25) is 5.02 Å². The molecule has 0 saturated carbocycles. The third-order valence-electron chi connectivity index (χ3n) is 4.81. The fourth-order valence-corrected chi connectivity index (χ4v) is 3.21. The van der Waals surface area contributed by atoms with Gasteiger partial charge < -0.3 is 19.3 Å². The molecule has 0 unspecified atom stereocenters. The van der Waals surface area contributed by atoms with Crippen molar-refractivity contribution in [2.45, 2.75) is 0 Å². The number of likely N-dealkylation sites (N-methyl/N-ethyl adjacent to an activating group) is 1. The molecule has 7 nitrogen and oxygen atoms in total. The van der Waals surface area contributed by atoms with Gasteiger partial charge in [-0.3, -0.25) is 10.1 Å². The number of aliphatic imine (C=N–C) groups is 1. The topological polar surface area (TPSA) is 66.4 Å². The van der Waals surface area contributed by atoms with Gasteiger partial charge in [-0.15, -0.1) is 0 Å². The first-order chi connectivity index (χ1) is 14.4. The maximum Gasteiger partial charge on any atom is 0.258 e. The molecule has 1 fully saturated rings. The van der Waals surface area contributed by atoms with Gasteiger partial charge in [0.15, 0.2) is 11.6 Å². The lowest BCUT2D eigenvalue weighted by Crippen LogP contribution is -2.52. The van der Waals surface area contributed by atoms with Crippen molar-refractivity contribution < 1.29 is 18.7 Å². The molecule has 160 valence electrons. The number of nitrogens with zero attached hydrogens (tertiary/aromatic N) is 3. The summed E-state index contributed by atoms with van der Waals surface area (Å²) in [4.78, 5) is 21.6. The summed E-state index contributed by atoms with van der Waals surface area (Å²) in [5.74, 6) is -0.140. The molecule has 1 saturated heterocycles. The van der Waals surface area contributed by atoms with Crippen LogP contribution in [0.5, 0.6) is 11.5 Å². The summed E-state index contributed by atoms with van der Waals surface area (Å²) < 4.78 is 24.3. The zero-order valence-corrected chi connectivity index (χ0v) is 17.9. The number of hydrogen-bond acceptors (Lipinski definition) is 5. The summed E-state index contributed by atoms with van der Waals surface area (Å²) >= 11 is 6.12. The number of carbonyl (C=O) groups is 1.